The fourth-order valence-corrected chi connectivity index (χ4v) is 3.88. The summed E-state index contributed by atoms with van der Waals surface area (Å²) >= 11 is 1.61. The Hall–Kier alpha value is -1.76. The largest absolute Gasteiger partial charge is 0.392 e. The molecule has 1 fully saturated rings. The van der Waals surface area contributed by atoms with Gasteiger partial charge in [0.2, 0.25) is 5.91 Å². The van der Waals surface area contributed by atoms with E-state index in [-0.39, 0.29) is 18.0 Å². The van der Waals surface area contributed by atoms with Gasteiger partial charge in [-0.25, -0.2) is 4.98 Å². The highest BCUT2D eigenvalue weighted by molar-refractivity contribution is 7.15. The SMILES string of the molecule is Cc1nc(-c2ccccc2)sc1C(C)NC(=O)C1CC(O)CN1. The lowest BCUT2D eigenvalue weighted by Crippen LogP contribution is -2.41. The number of thiazole rings is 1. The molecule has 6 heteroatoms. The van der Waals surface area contributed by atoms with Crippen molar-refractivity contribution in [1.29, 1.82) is 0 Å². The van der Waals surface area contributed by atoms with Gasteiger partial charge in [0.15, 0.2) is 0 Å². The minimum Gasteiger partial charge on any atom is -0.392 e. The summed E-state index contributed by atoms with van der Waals surface area (Å²) in [6.45, 7) is 4.42. The zero-order valence-electron chi connectivity index (χ0n) is 13.2. The average molecular weight is 331 g/mol. The van der Waals surface area contributed by atoms with Gasteiger partial charge in [-0.1, -0.05) is 30.3 Å². The van der Waals surface area contributed by atoms with Crippen LogP contribution in [0.5, 0.6) is 0 Å². The Morgan fingerprint density at radius 2 is 2.17 bits per heavy atom. The molecular formula is C17H21N3O2S. The molecule has 0 radical (unpaired) electrons. The number of hydrogen-bond donors (Lipinski definition) is 3. The summed E-state index contributed by atoms with van der Waals surface area (Å²) in [6, 6.07) is 9.63. The molecule has 1 saturated heterocycles. The van der Waals surface area contributed by atoms with Gasteiger partial charge in [0.1, 0.15) is 5.01 Å². The van der Waals surface area contributed by atoms with E-state index in [0.717, 1.165) is 21.1 Å². The smallest absolute Gasteiger partial charge is 0.237 e. The number of carbonyl (C=O) groups excluding carboxylic acids is 1. The van der Waals surface area contributed by atoms with Crippen LogP contribution in [0, 0.1) is 6.92 Å². The van der Waals surface area contributed by atoms with Gasteiger partial charge in [0.25, 0.3) is 0 Å². The zero-order valence-corrected chi connectivity index (χ0v) is 14.1. The van der Waals surface area contributed by atoms with E-state index in [1.54, 1.807) is 11.3 Å². The number of benzene rings is 1. The van der Waals surface area contributed by atoms with Crippen LogP contribution in [0.1, 0.15) is 30.0 Å². The summed E-state index contributed by atoms with van der Waals surface area (Å²) < 4.78 is 0. The lowest BCUT2D eigenvalue weighted by Gasteiger charge is -2.16. The van der Waals surface area contributed by atoms with Crippen molar-refractivity contribution >= 4 is 17.2 Å². The predicted molar refractivity (Wildman–Crippen MR) is 91.3 cm³/mol. The van der Waals surface area contributed by atoms with Gasteiger partial charge >= 0.3 is 0 Å². The van der Waals surface area contributed by atoms with Crippen molar-refractivity contribution in [2.75, 3.05) is 6.54 Å². The molecule has 5 nitrogen and oxygen atoms in total. The highest BCUT2D eigenvalue weighted by Crippen LogP contribution is 2.31. The molecular weight excluding hydrogens is 310 g/mol. The Bertz CT molecular complexity index is 686. The number of hydrogen-bond acceptors (Lipinski definition) is 5. The minimum absolute atomic E-state index is 0.0666. The summed E-state index contributed by atoms with van der Waals surface area (Å²) in [4.78, 5) is 18.0. The van der Waals surface area contributed by atoms with Crippen molar-refractivity contribution in [2.24, 2.45) is 0 Å². The molecule has 1 aliphatic heterocycles. The van der Waals surface area contributed by atoms with E-state index in [1.165, 1.54) is 0 Å². The molecule has 3 unspecified atom stereocenters. The molecule has 0 aliphatic carbocycles. The fourth-order valence-electron chi connectivity index (χ4n) is 2.81. The third kappa shape index (κ3) is 3.60. The number of nitrogens with one attached hydrogen (secondary N) is 2. The van der Waals surface area contributed by atoms with E-state index in [9.17, 15) is 9.90 Å². The third-order valence-corrected chi connectivity index (χ3v) is 5.42. The minimum atomic E-state index is -0.434. The second kappa shape index (κ2) is 6.78. The molecule has 122 valence electrons. The second-order valence-corrected chi connectivity index (χ2v) is 6.95. The molecule has 3 atom stereocenters. The summed E-state index contributed by atoms with van der Waals surface area (Å²) in [7, 11) is 0. The van der Waals surface area contributed by atoms with Gasteiger partial charge in [-0.3, -0.25) is 4.79 Å². The van der Waals surface area contributed by atoms with Crippen LogP contribution < -0.4 is 10.6 Å². The van der Waals surface area contributed by atoms with Crippen molar-refractivity contribution in [1.82, 2.24) is 15.6 Å². The first kappa shape index (κ1) is 16.1. The lowest BCUT2D eigenvalue weighted by molar-refractivity contribution is -0.123. The van der Waals surface area contributed by atoms with Crippen molar-refractivity contribution in [3.8, 4) is 10.6 Å². The second-order valence-electron chi connectivity index (χ2n) is 5.92. The molecule has 0 spiro atoms. The Morgan fingerprint density at radius 1 is 1.43 bits per heavy atom. The molecule has 23 heavy (non-hydrogen) atoms. The fraction of sp³-hybridized carbons (Fsp3) is 0.412. The summed E-state index contributed by atoms with van der Waals surface area (Å²) in [5.74, 6) is -0.0666. The van der Waals surface area contributed by atoms with Crippen molar-refractivity contribution in [3.63, 3.8) is 0 Å². The van der Waals surface area contributed by atoms with Crippen LogP contribution in [-0.2, 0) is 4.79 Å². The number of aliphatic hydroxyl groups is 1. The number of aromatic nitrogens is 1. The topological polar surface area (TPSA) is 74.2 Å². The van der Waals surface area contributed by atoms with Crippen molar-refractivity contribution < 1.29 is 9.90 Å². The monoisotopic (exact) mass is 331 g/mol. The number of carbonyl (C=O) groups is 1. The maximum absolute atomic E-state index is 12.3. The molecule has 0 bridgehead atoms. The number of aryl methyl sites for hydroxylation is 1. The summed E-state index contributed by atoms with van der Waals surface area (Å²) in [6.07, 6.45) is 0.0334. The molecule has 2 heterocycles. The molecule has 1 aliphatic rings. The van der Waals surface area contributed by atoms with E-state index in [4.69, 9.17) is 0 Å². The number of rotatable bonds is 4. The molecule has 0 saturated carbocycles. The molecule has 1 aromatic carbocycles. The van der Waals surface area contributed by atoms with Gasteiger partial charge in [-0.15, -0.1) is 11.3 Å². The number of aliphatic hydroxyl groups excluding tert-OH is 1. The quantitative estimate of drug-likeness (QED) is 0.801. The van der Waals surface area contributed by atoms with Crippen molar-refractivity contribution in [2.45, 2.75) is 38.5 Å². The van der Waals surface area contributed by atoms with Crippen LogP contribution in [0.15, 0.2) is 30.3 Å². The standard InChI is InChI=1S/C17H21N3O2S/c1-10(19-16(22)14-8-13(21)9-18-14)15-11(2)20-17(23-15)12-6-4-3-5-7-12/h3-7,10,13-14,18,21H,8-9H2,1-2H3,(H,19,22). The van der Waals surface area contributed by atoms with Gasteiger partial charge in [0.05, 0.1) is 28.8 Å². The maximum Gasteiger partial charge on any atom is 0.237 e. The van der Waals surface area contributed by atoms with Gasteiger partial charge < -0.3 is 15.7 Å². The van der Waals surface area contributed by atoms with E-state index in [1.807, 2.05) is 44.2 Å². The lowest BCUT2D eigenvalue weighted by atomic mass is 10.1. The highest BCUT2D eigenvalue weighted by atomic mass is 32.1. The average Bonchev–Trinajstić information content (AvgIpc) is 3.14. The molecule has 1 aromatic heterocycles. The Kier molecular flexibility index (Phi) is 4.75. The summed E-state index contributed by atoms with van der Waals surface area (Å²) in [5.41, 5.74) is 2.03. The number of nitrogens with zero attached hydrogens (tertiary/aromatic N) is 1. The van der Waals surface area contributed by atoms with E-state index < -0.39 is 6.10 Å². The molecule has 3 rings (SSSR count). The first-order valence-corrected chi connectivity index (χ1v) is 8.61. The number of β-amino-alcohol motifs (C(OH)–C–C–N with tert-alkyl or cyclic N) is 1. The van der Waals surface area contributed by atoms with Crippen LogP contribution in [0.3, 0.4) is 0 Å². The first-order valence-electron chi connectivity index (χ1n) is 7.79. The highest BCUT2D eigenvalue weighted by Gasteiger charge is 2.29. The van der Waals surface area contributed by atoms with Crippen LogP contribution in [0.2, 0.25) is 0 Å². The first-order chi connectivity index (χ1) is 11.0. The Morgan fingerprint density at radius 3 is 2.83 bits per heavy atom. The molecule has 3 N–H and O–H groups in total. The predicted octanol–water partition coefficient (Wildman–Crippen LogP) is 2.02. The van der Waals surface area contributed by atoms with Crippen LogP contribution >= 0.6 is 11.3 Å². The maximum atomic E-state index is 12.3. The van der Waals surface area contributed by atoms with Gasteiger partial charge in [-0.2, -0.15) is 0 Å². The number of amides is 1. The van der Waals surface area contributed by atoms with Gasteiger partial charge in [-0.05, 0) is 20.3 Å². The normalized spacial score (nSPS) is 22.0. The van der Waals surface area contributed by atoms with Crippen LogP contribution in [-0.4, -0.2) is 34.7 Å². The van der Waals surface area contributed by atoms with Crippen LogP contribution in [0.25, 0.3) is 10.6 Å². The van der Waals surface area contributed by atoms with Gasteiger partial charge in [0, 0.05) is 12.1 Å². The molecule has 1 amide bonds. The van der Waals surface area contributed by atoms with E-state index in [0.29, 0.717) is 13.0 Å². The van der Waals surface area contributed by atoms with Crippen molar-refractivity contribution in [3.05, 3.63) is 40.9 Å². The zero-order chi connectivity index (χ0) is 16.4. The van der Waals surface area contributed by atoms with E-state index in [2.05, 4.69) is 15.6 Å². The Labute approximate surface area is 139 Å². The van der Waals surface area contributed by atoms with E-state index >= 15 is 0 Å². The molecule has 2 aromatic rings. The third-order valence-electron chi connectivity index (χ3n) is 4.03. The van der Waals surface area contributed by atoms with Crippen LogP contribution in [0.4, 0.5) is 0 Å². The summed E-state index contributed by atoms with van der Waals surface area (Å²) in [5, 5.41) is 16.5. The Balaban J connectivity index is 1.71.